The maximum atomic E-state index is 6.08. The zero-order valence-electron chi connectivity index (χ0n) is 35.5. The molecule has 4 nitrogen and oxygen atoms in total. The van der Waals surface area contributed by atoms with E-state index in [4.69, 9.17) is 18.9 Å². The Labute approximate surface area is 358 Å². The van der Waals surface area contributed by atoms with Gasteiger partial charge in [-0.25, -0.2) is 0 Å². The first-order chi connectivity index (χ1) is 29.2. The topological polar surface area (TPSA) is 36.9 Å². The number of hydrogen-bond donors (Lipinski definition) is 0. The second kappa shape index (κ2) is 14.9. The SMILES string of the molecule is C=CCOc1ccc(C23CC4CC(C2)CC(C25CC6(c7ccc(OCC=C)cc7)CC(c7ccc(OCC=C)cc7)(CC(c7ccc(OCC=C)cc7)(C6)C2)C5)(C4)C3)cc1. The lowest BCUT2D eigenvalue weighted by Crippen LogP contribution is -2.71. The van der Waals surface area contributed by atoms with Crippen LogP contribution in [0.3, 0.4) is 0 Å². The zero-order valence-corrected chi connectivity index (χ0v) is 35.5. The van der Waals surface area contributed by atoms with E-state index in [9.17, 15) is 0 Å². The fraction of sp³-hybridized carbons (Fsp3) is 0.429. The van der Waals surface area contributed by atoms with Crippen molar-refractivity contribution in [3.05, 3.63) is 170 Å². The van der Waals surface area contributed by atoms with E-state index >= 15 is 0 Å². The van der Waals surface area contributed by atoms with Gasteiger partial charge in [0.1, 0.15) is 49.4 Å². The second-order valence-corrected chi connectivity index (χ2v) is 20.2. The Bertz CT molecular complexity index is 2040. The number of benzene rings is 4. The molecule has 8 aliphatic rings. The molecule has 0 spiro atoms. The molecule has 0 aliphatic heterocycles. The van der Waals surface area contributed by atoms with Crippen LogP contribution in [0.1, 0.15) is 99.3 Å². The van der Waals surface area contributed by atoms with Crippen LogP contribution in [0, 0.1) is 22.7 Å². The van der Waals surface area contributed by atoms with Crippen LogP contribution in [0.2, 0.25) is 0 Å². The average Bonchev–Trinajstić information content (AvgIpc) is 3.26. The molecule has 4 aromatic carbocycles. The maximum absolute atomic E-state index is 6.08. The lowest BCUT2D eigenvalue weighted by Gasteiger charge is -2.78. The Morgan fingerprint density at radius 2 is 0.650 bits per heavy atom. The third-order valence-electron chi connectivity index (χ3n) is 16.6. The Balaban J connectivity index is 1.14. The summed E-state index contributed by atoms with van der Waals surface area (Å²) in [5.74, 6) is 5.21. The van der Waals surface area contributed by atoms with E-state index in [1.807, 2.05) is 24.3 Å². The molecule has 8 saturated carbocycles. The molecular formula is C56H62O4. The van der Waals surface area contributed by atoms with Gasteiger partial charge >= 0.3 is 0 Å². The summed E-state index contributed by atoms with van der Waals surface area (Å²) in [7, 11) is 0. The number of rotatable bonds is 17. The summed E-state index contributed by atoms with van der Waals surface area (Å²) >= 11 is 0. The summed E-state index contributed by atoms with van der Waals surface area (Å²) < 4.78 is 24.2. The van der Waals surface area contributed by atoms with E-state index in [2.05, 4.69) is 123 Å². The van der Waals surface area contributed by atoms with Crippen molar-refractivity contribution in [1.82, 2.24) is 0 Å². The van der Waals surface area contributed by atoms with Crippen molar-refractivity contribution in [1.29, 1.82) is 0 Å². The molecule has 8 aliphatic carbocycles. The molecule has 12 rings (SSSR count). The number of hydrogen-bond acceptors (Lipinski definition) is 4. The predicted octanol–water partition coefficient (Wildman–Crippen LogP) is 13.0. The highest BCUT2D eigenvalue weighted by Crippen LogP contribution is 2.83. The van der Waals surface area contributed by atoms with Crippen LogP contribution >= 0.6 is 0 Å². The molecule has 8 fully saturated rings. The first-order valence-corrected chi connectivity index (χ1v) is 22.6. The molecule has 0 N–H and O–H groups in total. The smallest absolute Gasteiger partial charge is 0.119 e. The van der Waals surface area contributed by atoms with E-state index in [-0.39, 0.29) is 32.5 Å². The quantitative estimate of drug-likeness (QED) is 0.0997. The molecule has 0 heterocycles. The highest BCUT2D eigenvalue weighted by Gasteiger charge is 2.75. The Morgan fingerprint density at radius 1 is 0.367 bits per heavy atom. The Hall–Kier alpha value is -4.96. The molecule has 0 aromatic heterocycles. The van der Waals surface area contributed by atoms with E-state index in [0.717, 1.165) is 54.1 Å². The molecule has 4 heteroatoms. The largest absolute Gasteiger partial charge is 0.490 e. The molecule has 310 valence electrons. The monoisotopic (exact) mass is 798 g/mol. The highest BCUT2D eigenvalue weighted by molar-refractivity contribution is 5.49. The lowest BCUT2D eigenvalue weighted by atomic mass is 9.26. The summed E-state index contributed by atoms with van der Waals surface area (Å²) in [6.45, 7) is 17.6. The van der Waals surface area contributed by atoms with E-state index in [1.54, 1.807) is 0 Å². The summed E-state index contributed by atoms with van der Waals surface area (Å²) in [6, 6.07) is 37.2. The molecule has 2 unspecified atom stereocenters. The zero-order chi connectivity index (χ0) is 41.1. The molecule has 0 amide bonds. The van der Waals surface area contributed by atoms with Crippen LogP contribution in [0.25, 0.3) is 0 Å². The highest BCUT2D eigenvalue weighted by atomic mass is 16.5. The van der Waals surface area contributed by atoms with Crippen LogP contribution in [-0.4, -0.2) is 26.4 Å². The van der Waals surface area contributed by atoms with Gasteiger partial charge in [0, 0.05) is 0 Å². The van der Waals surface area contributed by atoms with Gasteiger partial charge < -0.3 is 18.9 Å². The van der Waals surface area contributed by atoms with Gasteiger partial charge in [0.15, 0.2) is 0 Å². The molecule has 60 heavy (non-hydrogen) atoms. The second-order valence-electron chi connectivity index (χ2n) is 20.2. The van der Waals surface area contributed by atoms with Crippen LogP contribution in [0.5, 0.6) is 23.0 Å². The van der Waals surface area contributed by atoms with Crippen molar-refractivity contribution in [3.8, 4) is 23.0 Å². The van der Waals surface area contributed by atoms with Gasteiger partial charge in [-0.3, -0.25) is 0 Å². The lowest BCUT2D eigenvalue weighted by molar-refractivity contribution is -0.225. The normalized spacial score (nSPS) is 34.1. The van der Waals surface area contributed by atoms with Crippen molar-refractivity contribution in [2.45, 2.75) is 98.7 Å². The molecule has 4 aromatic rings. The first-order valence-electron chi connectivity index (χ1n) is 22.6. The summed E-state index contributed by atoms with van der Waals surface area (Å²) in [4.78, 5) is 0. The van der Waals surface area contributed by atoms with Gasteiger partial charge in [-0.1, -0.05) is 99.2 Å². The van der Waals surface area contributed by atoms with Crippen LogP contribution in [0.4, 0.5) is 0 Å². The van der Waals surface area contributed by atoms with Crippen LogP contribution in [-0.2, 0) is 21.7 Å². The van der Waals surface area contributed by atoms with Crippen molar-refractivity contribution in [2.24, 2.45) is 22.7 Å². The minimum absolute atomic E-state index is 0.00236. The van der Waals surface area contributed by atoms with E-state index in [0.29, 0.717) is 26.4 Å². The van der Waals surface area contributed by atoms with Gasteiger partial charge in [-0.15, -0.1) is 0 Å². The molecule has 0 saturated heterocycles. The third-order valence-corrected chi connectivity index (χ3v) is 16.6. The predicted molar refractivity (Wildman–Crippen MR) is 242 cm³/mol. The fourth-order valence-electron chi connectivity index (χ4n) is 15.6. The first kappa shape index (κ1) is 39.2. The molecular weight excluding hydrogens is 737 g/mol. The Kier molecular flexibility index (Phi) is 9.73. The van der Waals surface area contributed by atoms with Gasteiger partial charge in [-0.05, 0) is 192 Å². The Morgan fingerprint density at radius 3 is 0.950 bits per heavy atom. The van der Waals surface area contributed by atoms with E-state index in [1.165, 1.54) is 80.0 Å². The number of ether oxygens (including phenoxy) is 4. The molecule has 0 radical (unpaired) electrons. The van der Waals surface area contributed by atoms with Gasteiger partial charge in [0.2, 0.25) is 0 Å². The molecule has 8 bridgehead atoms. The van der Waals surface area contributed by atoms with Gasteiger partial charge in [-0.2, -0.15) is 0 Å². The van der Waals surface area contributed by atoms with Crippen molar-refractivity contribution in [3.63, 3.8) is 0 Å². The standard InChI is InChI=1S/C56H62O4/c1-5-25-57-47-17-9-43(10-18-47)51-30-41-29-42(31-51)33-55(32-41,37-51)56-38-52(44-11-19-48(20-12-44)58-26-6-2)34-53(39-56,45-13-21-49(22-14-45)59-27-7-3)36-54(35-52,40-56)46-15-23-50(24-16-46)60-28-8-4/h5-24,41-42H,1-4,25-40H2. The summed E-state index contributed by atoms with van der Waals surface area (Å²) in [5, 5.41) is 0. The van der Waals surface area contributed by atoms with Crippen molar-refractivity contribution < 1.29 is 18.9 Å². The van der Waals surface area contributed by atoms with Crippen molar-refractivity contribution in [2.75, 3.05) is 26.4 Å². The van der Waals surface area contributed by atoms with Crippen molar-refractivity contribution >= 4 is 0 Å². The summed E-state index contributed by atoms with van der Waals surface area (Å²) in [5.41, 5.74) is 6.61. The minimum atomic E-state index is 0.00236. The van der Waals surface area contributed by atoms with Crippen LogP contribution < -0.4 is 18.9 Å². The minimum Gasteiger partial charge on any atom is -0.490 e. The van der Waals surface area contributed by atoms with Crippen LogP contribution in [0.15, 0.2) is 148 Å². The molecule has 2 atom stereocenters. The van der Waals surface area contributed by atoms with E-state index < -0.39 is 0 Å². The maximum Gasteiger partial charge on any atom is 0.119 e. The fourth-order valence-corrected chi connectivity index (χ4v) is 15.6. The van der Waals surface area contributed by atoms with Gasteiger partial charge in [0.05, 0.1) is 0 Å². The van der Waals surface area contributed by atoms with Gasteiger partial charge in [0.25, 0.3) is 0 Å². The average molecular weight is 799 g/mol. The summed E-state index contributed by atoms with van der Waals surface area (Å²) in [6.07, 6.45) is 22.6. The third kappa shape index (κ3) is 6.38.